The number of anilines is 1. The molecule has 8 heteroatoms. The Morgan fingerprint density at radius 1 is 1.07 bits per heavy atom. The smallest absolute Gasteiger partial charge is 0.274 e. The number of hydrogen-bond acceptors (Lipinski definition) is 4. The van der Waals surface area contributed by atoms with Gasteiger partial charge in [-0.1, -0.05) is 48.5 Å². The van der Waals surface area contributed by atoms with E-state index in [0.717, 1.165) is 27.3 Å². The maximum absolute atomic E-state index is 14.4. The lowest BCUT2D eigenvalue weighted by atomic mass is 10.1. The van der Waals surface area contributed by atoms with Crippen molar-refractivity contribution in [3.8, 4) is 0 Å². The number of rotatable bonds is 7. The zero-order valence-electron chi connectivity index (χ0n) is 15.1. The first-order valence-electron chi connectivity index (χ1n) is 8.54. The van der Waals surface area contributed by atoms with Gasteiger partial charge in [0.1, 0.15) is 16.6 Å². The molecule has 0 radical (unpaired) electrons. The normalized spacial score (nSPS) is 12.4. The summed E-state index contributed by atoms with van der Waals surface area (Å²) in [5.41, 5.74) is 0.716. The summed E-state index contributed by atoms with van der Waals surface area (Å²) in [6.45, 7) is 1.27. The second kappa shape index (κ2) is 8.53. The minimum Gasteiger partial charge on any atom is -0.348 e. The minimum absolute atomic E-state index is 0.0414. The van der Waals surface area contributed by atoms with E-state index in [1.54, 1.807) is 18.4 Å². The van der Waals surface area contributed by atoms with Crippen LogP contribution in [0.25, 0.3) is 0 Å². The molecule has 1 N–H and O–H groups in total. The molecule has 0 saturated heterocycles. The molecule has 1 aromatic heterocycles. The zero-order chi connectivity index (χ0) is 20.1. The molecule has 146 valence electrons. The number of sulfonamides is 1. The molecule has 3 rings (SSSR count). The largest absolute Gasteiger partial charge is 0.348 e. The van der Waals surface area contributed by atoms with Crippen LogP contribution in [0.5, 0.6) is 0 Å². The number of thiophene rings is 1. The lowest BCUT2D eigenvalue weighted by Crippen LogP contribution is -2.41. The standard InChI is InChI=1S/C20H19FN2O3S2/c1-15(16-8-3-2-4-9-16)22-19(24)14-23(18-11-6-5-10-17(18)21)28(25,26)20-12-7-13-27-20/h2-13,15H,14H2,1H3,(H,22,24). The van der Waals surface area contributed by atoms with Crippen LogP contribution < -0.4 is 9.62 Å². The molecular formula is C20H19FN2O3S2. The molecule has 3 aromatic rings. The predicted molar refractivity (Wildman–Crippen MR) is 108 cm³/mol. The second-order valence-corrected chi connectivity index (χ2v) is 9.13. The van der Waals surface area contributed by atoms with Gasteiger partial charge in [0.05, 0.1) is 11.7 Å². The van der Waals surface area contributed by atoms with Crippen LogP contribution in [0.3, 0.4) is 0 Å². The third-order valence-corrected chi connectivity index (χ3v) is 7.26. The Labute approximate surface area is 167 Å². The van der Waals surface area contributed by atoms with Gasteiger partial charge in [0, 0.05) is 0 Å². The van der Waals surface area contributed by atoms with Gasteiger partial charge in [-0.3, -0.25) is 9.10 Å². The second-order valence-electron chi connectivity index (χ2n) is 6.10. The Balaban J connectivity index is 1.88. The third kappa shape index (κ3) is 4.40. The van der Waals surface area contributed by atoms with Crippen molar-refractivity contribution in [1.29, 1.82) is 0 Å². The van der Waals surface area contributed by atoms with E-state index in [4.69, 9.17) is 0 Å². The molecule has 1 amide bonds. The van der Waals surface area contributed by atoms with E-state index in [0.29, 0.717) is 0 Å². The average Bonchev–Trinajstić information content (AvgIpc) is 3.23. The van der Waals surface area contributed by atoms with Crippen molar-refractivity contribution in [2.24, 2.45) is 0 Å². The van der Waals surface area contributed by atoms with E-state index >= 15 is 0 Å². The molecule has 0 aliphatic heterocycles. The first kappa shape index (κ1) is 20.0. The van der Waals surface area contributed by atoms with Crippen LogP contribution in [-0.4, -0.2) is 20.9 Å². The van der Waals surface area contributed by atoms with Gasteiger partial charge in [-0.2, -0.15) is 0 Å². The molecule has 0 spiro atoms. The first-order valence-corrected chi connectivity index (χ1v) is 10.9. The number of benzene rings is 2. The molecule has 5 nitrogen and oxygen atoms in total. The molecular weight excluding hydrogens is 399 g/mol. The van der Waals surface area contributed by atoms with Gasteiger partial charge in [0.15, 0.2) is 0 Å². The number of halogens is 1. The number of amides is 1. The Kier molecular flexibility index (Phi) is 6.11. The van der Waals surface area contributed by atoms with Crippen molar-refractivity contribution in [3.63, 3.8) is 0 Å². The summed E-state index contributed by atoms with van der Waals surface area (Å²) in [6.07, 6.45) is 0. The van der Waals surface area contributed by atoms with Gasteiger partial charge >= 0.3 is 0 Å². The third-order valence-electron chi connectivity index (χ3n) is 4.12. The molecule has 1 heterocycles. The number of para-hydroxylation sites is 1. The fraction of sp³-hybridized carbons (Fsp3) is 0.150. The summed E-state index contributed by atoms with van der Waals surface area (Å²) >= 11 is 1.01. The van der Waals surface area contributed by atoms with Crippen LogP contribution in [0.4, 0.5) is 10.1 Å². The Morgan fingerprint density at radius 2 is 1.75 bits per heavy atom. The molecule has 2 aromatic carbocycles. The summed E-state index contributed by atoms with van der Waals surface area (Å²) in [5.74, 6) is -1.24. The number of carbonyl (C=O) groups excluding carboxylic acids is 1. The van der Waals surface area contributed by atoms with Gasteiger partial charge in [-0.15, -0.1) is 11.3 Å². The van der Waals surface area contributed by atoms with Crippen LogP contribution in [-0.2, 0) is 14.8 Å². The van der Waals surface area contributed by atoms with E-state index in [1.807, 2.05) is 30.3 Å². The van der Waals surface area contributed by atoms with Crippen LogP contribution in [0.15, 0.2) is 76.3 Å². The first-order chi connectivity index (χ1) is 13.4. The topological polar surface area (TPSA) is 66.5 Å². The van der Waals surface area contributed by atoms with E-state index in [9.17, 15) is 17.6 Å². The van der Waals surface area contributed by atoms with Crippen molar-refractivity contribution >= 4 is 33.0 Å². The number of hydrogen-bond donors (Lipinski definition) is 1. The highest BCUT2D eigenvalue weighted by molar-refractivity contribution is 7.94. The summed E-state index contributed by atoms with van der Waals surface area (Å²) in [6, 6.07) is 17.5. The van der Waals surface area contributed by atoms with Crippen LogP contribution >= 0.6 is 11.3 Å². The van der Waals surface area contributed by atoms with Gasteiger partial charge in [0.2, 0.25) is 5.91 Å². The highest BCUT2D eigenvalue weighted by atomic mass is 32.2. The quantitative estimate of drug-likeness (QED) is 0.632. The Morgan fingerprint density at radius 3 is 2.39 bits per heavy atom. The molecule has 0 aliphatic carbocycles. The highest BCUT2D eigenvalue weighted by Gasteiger charge is 2.30. The van der Waals surface area contributed by atoms with Crippen molar-refractivity contribution in [2.75, 3.05) is 10.8 Å². The van der Waals surface area contributed by atoms with Gasteiger partial charge in [-0.05, 0) is 36.1 Å². The van der Waals surface area contributed by atoms with Crippen LogP contribution in [0, 0.1) is 5.82 Å². The molecule has 1 unspecified atom stereocenters. The van der Waals surface area contributed by atoms with E-state index < -0.39 is 28.3 Å². The maximum atomic E-state index is 14.4. The highest BCUT2D eigenvalue weighted by Crippen LogP contribution is 2.28. The van der Waals surface area contributed by atoms with Crippen molar-refractivity contribution in [3.05, 3.63) is 83.5 Å². The average molecular weight is 419 g/mol. The molecule has 0 saturated carbocycles. The fourth-order valence-corrected chi connectivity index (χ4v) is 5.25. The molecule has 0 aliphatic rings. The lowest BCUT2D eigenvalue weighted by molar-refractivity contribution is -0.120. The summed E-state index contributed by atoms with van der Waals surface area (Å²) in [4.78, 5) is 12.6. The number of carbonyl (C=O) groups is 1. The number of nitrogens with one attached hydrogen (secondary N) is 1. The predicted octanol–water partition coefficient (Wildman–Crippen LogP) is 3.96. The molecule has 28 heavy (non-hydrogen) atoms. The van der Waals surface area contributed by atoms with Crippen LogP contribution in [0.2, 0.25) is 0 Å². The van der Waals surface area contributed by atoms with Crippen molar-refractivity contribution < 1.29 is 17.6 Å². The van der Waals surface area contributed by atoms with Gasteiger partial charge < -0.3 is 5.32 Å². The van der Waals surface area contributed by atoms with Crippen molar-refractivity contribution in [2.45, 2.75) is 17.2 Å². The monoisotopic (exact) mass is 418 g/mol. The summed E-state index contributed by atoms with van der Waals surface area (Å²) < 4.78 is 41.3. The Bertz CT molecular complexity index is 1040. The van der Waals surface area contributed by atoms with Crippen LogP contribution in [0.1, 0.15) is 18.5 Å². The molecule has 0 bridgehead atoms. The molecule has 0 fully saturated rings. The van der Waals surface area contributed by atoms with Gasteiger partial charge in [-0.25, -0.2) is 12.8 Å². The van der Waals surface area contributed by atoms with E-state index in [-0.39, 0.29) is 15.9 Å². The Hall–Kier alpha value is -2.71. The summed E-state index contributed by atoms with van der Waals surface area (Å²) in [5, 5.41) is 4.38. The fourth-order valence-electron chi connectivity index (χ4n) is 2.72. The zero-order valence-corrected chi connectivity index (χ0v) is 16.7. The number of nitrogens with zero attached hydrogens (tertiary/aromatic N) is 1. The van der Waals surface area contributed by atoms with E-state index in [2.05, 4.69) is 5.32 Å². The van der Waals surface area contributed by atoms with E-state index in [1.165, 1.54) is 24.3 Å². The van der Waals surface area contributed by atoms with Crippen molar-refractivity contribution in [1.82, 2.24) is 5.32 Å². The lowest BCUT2D eigenvalue weighted by Gasteiger charge is -2.24. The molecule has 1 atom stereocenters. The SMILES string of the molecule is CC(NC(=O)CN(c1ccccc1F)S(=O)(=O)c1cccs1)c1ccccc1. The van der Waals surface area contributed by atoms with Gasteiger partial charge in [0.25, 0.3) is 10.0 Å². The minimum atomic E-state index is -4.08. The summed E-state index contributed by atoms with van der Waals surface area (Å²) in [7, 11) is -4.08. The maximum Gasteiger partial charge on any atom is 0.274 e.